The van der Waals surface area contributed by atoms with Crippen molar-refractivity contribution in [2.75, 3.05) is 0 Å². The lowest BCUT2D eigenvalue weighted by molar-refractivity contribution is 0.900. The van der Waals surface area contributed by atoms with Crippen LogP contribution in [0, 0.1) is 11.6 Å². The van der Waals surface area contributed by atoms with Gasteiger partial charge >= 0.3 is 0 Å². The second-order valence-electron chi connectivity index (χ2n) is 6.95. The van der Waals surface area contributed by atoms with Gasteiger partial charge in [-0.05, 0) is 19.1 Å². The third-order valence-electron chi connectivity index (χ3n) is 4.98. The van der Waals surface area contributed by atoms with Gasteiger partial charge in [-0.25, -0.2) is 4.68 Å². The van der Waals surface area contributed by atoms with Gasteiger partial charge in [0.1, 0.15) is 15.9 Å². The van der Waals surface area contributed by atoms with Gasteiger partial charge in [0.25, 0.3) is 0 Å². The molecule has 1 N–H and O–H groups in total. The van der Waals surface area contributed by atoms with E-state index >= 15 is 0 Å². The molecule has 0 aliphatic heterocycles. The third-order valence-corrected chi connectivity index (χ3v) is 5.26. The normalized spacial score (nSPS) is 11.1. The Labute approximate surface area is 173 Å². The van der Waals surface area contributed by atoms with Crippen LogP contribution in [0.1, 0.15) is 5.56 Å². The molecule has 5 aromatic rings. The van der Waals surface area contributed by atoms with E-state index in [0.717, 1.165) is 39.1 Å². The summed E-state index contributed by atoms with van der Waals surface area (Å²) in [7, 11) is 0. The maximum Gasteiger partial charge on any atom is 0.148 e. The first-order valence-corrected chi connectivity index (χ1v) is 9.82. The van der Waals surface area contributed by atoms with E-state index in [1.54, 1.807) is 0 Å². The molecule has 0 saturated carbocycles. The lowest BCUT2D eigenvalue weighted by atomic mass is 10.0. The highest BCUT2D eigenvalue weighted by Gasteiger charge is 2.20. The molecule has 29 heavy (non-hydrogen) atoms. The highest BCUT2D eigenvalue weighted by molar-refractivity contribution is 7.71. The Morgan fingerprint density at radius 2 is 1.41 bits per heavy atom. The first kappa shape index (κ1) is 17.5. The molecule has 2 aromatic heterocycles. The van der Waals surface area contributed by atoms with Crippen molar-refractivity contribution in [2.24, 2.45) is 0 Å². The zero-order valence-corrected chi connectivity index (χ0v) is 16.6. The number of H-pyrrole nitrogens is 1. The highest BCUT2D eigenvalue weighted by Crippen LogP contribution is 2.36. The van der Waals surface area contributed by atoms with Gasteiger partial charge in [-0.1, -0.05) is 90.6 Å². The predicted molar refractivity (Wildman–Crippen MR) is 120 cm³/mol. The maximum atomic E-state index is 5.56. The molecule has 0 bridgehead atoms. The van der Waals surface area contributed by atoms with E-state index in [0.29, 0.717) is 4.64 Å². The third kappa shape index (κ3) is 3.05. The van der Waals surface area contributed by atoms with Crippen molar-refractivity contribution >= 4 is 23.1 Å². The van der Waals surface area contributed by atoms with Crippen LogP contribution in [-0.2, 0) is 0 Å². The van der Waals surface area contributed by atoms with Crippen LogP contribution >= 0.6 is 12.2 Å². The molecular weight excluding hydrogens is 376 g/mol. The van der Waals surface area contributed by atoms with E-state index in [1.165, 1.54) is 5.56 Å². The molecule has 0 spiro atoms. The largest absolute Gasteiger partial charge is 0.265 e. The number of fused-ring (bicyclic) bond motifs is 1. The Bertz CT molecular complexity index is 1350. The molecular formula is C24H18N4S. The Hall–Kier alpha value is -3.57. The molecule has 5 heteroatoms. The van der Waals surface area contributed by atoms with Crippen molar-refractivity contribution in [1.82, 2.24) is 20.0 Å². The van der Waals surface area contributed by atoms with Gasteiger partial charge in [-0.3, -0.25) is 5.10 Å². The van der Waals surface area contributed by atoms with E-state index < -0.39 is 0 Å². The number of hydrogen-bond acceptors (Lipinski definition) is 3. The summed E-state index contributed by atoms with van der Waals surface area (Å²) in [6.07, 6.45) is 0. The minimum Gasteiger partial charge on any atom is -0.265 e. The molecule has 0 amide bonds. The fourth-order valence-electron chi connectivity index (χ4n) is 3.56. The Balaban J connectivity index is 1.92. The average molecular weight is 395 g/mol. The van der Waals surface area contributed by atoms with E-state index in [2.05, 4.69) is 65.7 Å². The zero-order valence-electron chi connectivity index (χ0n) is 15.8. The van der Waals surface area contributed by atoms with Crippen LogP contribution in [0.2, 0.25) is 0 Å². The van der Waals surface area contributed by atoms with Crippen LogP contribution in [0.25, 0.3) is 39.1 Å². The van der Waals surface area contributed by atoms with Crippen LogP contribution in [0.4, 0.5) is 0 Å². The summed E-state index contributed by atoms with van der Waals surface area (Å²) < 4.78 is 2.50. The molecule has 0 aliphatic carbocycles. The molecule has 0 radical (unpaired) electrons. The second-order valence-corrected chi connectivity index (χ2v) is 7.36. The molecule has 0 aliphatic rings. The monoisotopic (exact) mass is 394 g/mol. The quantitative estimate of drug-likeness (QED) is 0.375. The summed E-state index contributed by atoms with van der Waals surface area (Å²) in [5.41, 5.74) is 6.84. The lowest BCUT2D eigenvalue weighted by Crippen LogP contribution is -1.99. The van der Waals surface area contributed by atoms with Crippen LogP contribution < -0.4 is 0 Å². The van der Waals surface area contributed by atoms with E-state index in [4.69, 9.17) is 17.3 Å². The second kappa shape index (κ2) is 7.11. The predicted octanol–water partition coefficient (Wildman–Crippen LogP) is 6.12. The molecule has 0 atom stereocenters. The molecule has 4 nitrogen and oxygen atoms in total. The standard InChI is InChI=1S/C24H18N4S/c1-16-12-14-19(15-13-16)28-23(18-10-6-3-7-11-18)20-21(17-8-4-2-5-9-17)25-26-24(29)22(20)27-28/h2-15H,1H3,(H,26,29). The molecule has 2 heterocycles. The van der Waals surface area contributed by atoms with Gasteiger partial charge in [0.05, 0.1) is 16.8 Å². The maximum absolute atomic E-state index is 5.56. The Morgan fingerprint density at radius 3 is 2.07 bits per heavy atom. The molecule has 3 aromatic carbocycles. The van der Waals surface area contributed by atoms with Crippen molar-refractivity contribution < 1.29 is 0 Å². The minimum atomic E-state index is 0.530. The number of aryl methyl sites for hydroxylation is 1. The van der Waals surface area contributed by atoms with Crippen LogP contribution in [-0.4, -0.2) is 20.0 Å². The van der Waals surface area contributed by atoms with Crippen LogP contribution in [0.15, 0.2) is 84.9 Å². The number of rotatable bonds is 3. The zero-order chi connectivity index (χ0) is 19.8. The highest BCUT2D eigenvalue weighted by atomic mass is 32.1. The first-order valence-electron chi connectivity index (χ1n) is 9.41. The van der Waals surface area contributed by atoms with Gasteiger partial charge in [0.2, 0.25) is 0 Å². The van der Waals surface area contributed by atoms with Gasteiger partial charge in [-0.15, -0.1) is 0 Å². The van der Waals surface area contributed by atoms with Crippen molar-refractivity contribution in [2.45, 2.75) is 6.92 Å². The van der Waals surface area contributed by atoms with E-state index in [9.17, 15) is 0 Å². The summed E-state index contributed by atoms with van der Waals surface area (Å²) in [4.78, 5) is 0. The minimum absolute atomic E-state index is 0.530. The smallest absolute Gasteiger partial charge is 0.148 e. The summed E-state index contributed by atoms with van der Waals surface area (Å²) >= 11 is 5.56. The van der Waals surface area contributed by atoms with E-state index in [1.807, 2.05) is 41.1 Å². The molecule has 5 rings (SSSR count). The van der Waals surface area contributed by atoms with Crippen molar-refractivity contribution in [3.63, 3.8) is 0 Å². The lowest BCUT2D eigenvalue weighted by Gasteiger charge is -2.10. The number of aromatic amines is 1. The van der Waals surface area contributed by atoms with Crippen LogP contribution in [0.3, 0.4) is 0 Å². The Kier molecular flexibility index (Phi) is 4.30. The average Bonchev–Trinajstić information content (AvgIpc) is 3.17. The first-order chi connectivity index (χ1) is 14.2. The number of benzene rings is 3. The van der Waals surface area contributed by atoms with Crippen molar-refractivity contribution in [3.8, 4) is 28.2 Å². The number of nitrogens with zero attached hydrogens (tertiary/aromatic N) is 3. The number of aromatic nitrogens is 4. The van der Waals surface area contributed by atoms with Gasteiger partial charge < -0.3 is 0 Å². The molecule has 0 fully saturated rings. The summed E-state index contributed by atoms with van der Waals surface area (Å²) in [6, 6.07) is 28.7. The molecule has 140 valence electrons. The molecule has 0 saturated heterocycles. The van der Waals surface area contributed by atoms with E-state index in [-0.39, 0.29) is 0 Å². The SMILES string of the molecule is Cc1ccc(-n2nc3c(=S)[nH]nc(-c4ccccc4)c3c2-c2ccccc2)cc1. The van der Waals surface area contributed by atoms with Crippen molar-refractivity contribution in [1.29, 1.82) is 0 Å². The summed E-state index contributed by atoms with van der Waals surface area (Å²) in [5.74, 6) is 0. The Morgan fingerprint density at radius 1 is 0.793 bits per heavy atom. The van der Waals surface area contributed by atoms with Crippen molar-refractivity contribution in [3.05, 3.63) is 95.1 Å². The summed E-state index contributed by atoms with van der Waals surface area (Å²) in [5, 5.41) is 13.5. The van der Waals surface area contributed by atoms with Gasteiger partial charge in [0, 0.05) is 11.1 Å². The topological polar surface area (TPSA) is 46.5 Å². The van der Waals surface area contributed by atoms with Crippen LogP contribution in [0.5, 0.6) is 0 Å². The van der Waals surface area contributed by atoms with Gasteiger partial charge in [-0.2, -0.15) is 10.2 Å². The van der Waals surface area contributed by atoms with Gasteiger partial charge in [0.15, 0.2) is 0 Å². The molecule has 0 unspecified atom stereocenters. The fourth-order valence-corrected chi connectivity index (χ4v) is 3.75. The fraction of sp³-hybridized carbons (Fsp3) is 0.0417. The number of hydrogen-bond donors (Lipinski definition) is 1. The summed E-state index contributed by atoms with van der Waals surface area (Å²) in [6.45, 7) is 2.08. The number of nitrogens with one attached hydrogen (secondary N) is 1.